The molecule has 0 amide bonds. The second-order valence-corrected chi connectivity index (χ2v) is 5.89. The Labute approximate surface area is 108 Å². The van der Waals surface area contributed by atoms with E-state index < -0.39 is 0 Å². The minimum Gasteiger partial charge on any atom is -0.392 e. The standard InChI is InChI=1S/C14H21NOS/c1-2-15-10-11-5-3-6-12(9-11)17-14-8-4-7-13(14)16/h3,5-6,9,13-16H,2,4,7-8,10H2,1H3. The highest BCUT2D eigenvalue weighted by Gasteiger charge is 2.25. The molecule has 1 aliphatic rings. The maximum absolute atomic E-state index is 9.83. The van der Waals surface area contributed by atoms with Crippen LogP contribution in [0.3, 0.4) is 0 Å². The Balaban J connectivity index is 1.95. The maximum atomic E-state index is 9.83. The minimum atomic E-state index is -0.113. The Bertz CT molecular complexity index is 356. The number of rotatable bonds is 5. The highest BCUT2D eigenvalue weighted by atomic mass is 32.2. The number of aliphatic hydroxyl groups excluding tert-OH is 1. The van der Waals surface area contributed by atoms with Crippen LogP contribution in [0, 0.1) is 0 Å². The summed E-state index contributed by atoms with van der Waals surface area (Å²) in [4.78, 5) is 1.28. The van der Waals surface area contributed by atoms with Crippen LogP contribution >= 0.6 is 11.8 Å². The minimum absolute atomic E-state index is 0.113. The van der Waals surface area contributed by atoms with Gasteiger partial charge in [-0.05, 0) is 43.5 Å². The molecular formula is C14H21NOS. The Morgan fingerprint density at radius 3 is 3.00 bits per heavy atom. The fourth-order valence-corrected chi connectivity index (χ4v) is 3.52. The van der Waals surface area contributed by atoms with E-state index in [4.69, 9.17) is 0 Å². The zero-order valence-electron chi connectivity index (χ0n) is 10.4. The van der Waals surface area contributed by atoms with E-state index in [0.717, 1.165) is 32.4 Å². The molecule has 2 unspecified atom stereocenters. The molecule has 0 saturated heterocycles. The summed E-state index contributed by atoms with van der Waals surface area (Å²) in [7, 11) is 0. The number of aliphatic hydroxyl groups is 1. The summed E-state index contributed by atoms with van der Waals surface area (Å²) in [6.07, 6.45) is 3.16. The molecule has 1 aliphatic carbocycles. The first kappa shape index (κ1) is 12.9. The van der Waals surface area contributed by atoms with Gasteiger partial charge in [0.2, 0.25) is 0 Å². The Morgan fingerprint density at radius 2 is 2.29 bits per heavy atom. The summed E-state index contributed by atoms with van der Waals surface area (Å²) in [5.41, 5.74) is 1.32. The average molecular weight is 251 g/mol. The second-order valence-electron chi connectivity index (χ2n) is 4.58. The van der Waals surface area contributed by atoms with Crippen molar-refractivity contribution in [2.45, 2.75) is 49.0 Å². The monoisotopic (exact) mass is 251 g/mol. The topological polar surface area (TPSA) is 32.3 Å². The van der Waals surface area contributed by atoms with Crippen LogP contribution in [0.4, 0.5) is 0 Å². The van der Waals surface area contributed by atoms with Crippen LogP contribution in [0.1, 0.15) is 31.7 Å². The van der Waals surface area contributed by atoms with Gasteiger partial charge >= 0.3 is 0 Å². The summed E-state index contributed by atoms with van der Waals surface area (Å²) in [6.45, 7) is 4.05. The first-order chi connectivity index (χ1) is 8.29. The maximum Gasteiger partial charge on any atom is 0.0662 e. The van der Waals surface area contributed by atoms with E-state index in [0.29, 0.717) is 5.25 Å². The largest absolute Gasteiger partial charge is 0.392 e. The zero-order valence-corrected chi connectivity index (χ0v) is 11.2. The van der Waals surface area contributed by atoms with E-state index in [-0.39, 0.29) is 6.10 Å². The van der Waals surface area contributed by atoms with Crippen LogP contribution in [-0.2, 0) is 6.54 Å². The molecule has 0 aromatic heterocycles. The highest BCUT2D eigenvalue weighted by Crippen LogP contribution is 2.35. The van der Waals surface area contributed by atoms with Crippen LogP contribution < -0.4 is 5.32 Å². The van der Waals surface area contributed by atoms with Crippen molar-refractivity contribution in [1.82, 2.24) is 5.32 Å². The Morgan fingerprint density at radius 1 is 1.41 bits per heavy atom. The molecule has 94 valence electrons. The number of benzene rings is 1. The SMILES string of the molecule is CCNCc1cccc(SC2CCCC2O)c1. The number of thioether (sulfide) groups is 1. The van der Waals surface area contributed by atoms with Crippen LogP contribution in [0.2, 0.25) is 0 Å². The van der Waals surface area contributed by atoms with Gasteiger partial charge in [0.15, 0.2) is 0 Å². The van der Waals surface area contributed by atoms with Gasteiger partial charge in [-0.1, -0.05) is 19.1 Å². The quantitative estimate of drug-likeness (QED) is 0.844. The third-order valence-electron chi connectivity index (χ3n) is 3.18. The van der Waals surface area contributed by atoms with Gasteiger partial charge in [0.25, 0.3) is 0 Å². The molecular weight excluding hydrogens is 230 g/mol. The molecule has 0 radical (unpaired) electrons. The van der Waals surface area contributed by atoms with E-state index in [1.54, 1.807) is 0 Å². The summed E-state index contributed by atoms with van der Waals surface area (Å²) in [6, 6.07) is 8.64. The fraction of sp³-hybridized carbons (Fsp3) is 0.571. The third-order valence-corrected chi connectivity index (χ3v) is 4.56. The number of nitrogens with one attached hydrogen (secondary N) is 1. The lowest BCUT2D eigenvalue weighted by molar-refractivity contribution is 0.188. The van der Waals surface area contributed by atoms with Crippen molar-refractivity contribution in [2.75, 3.05) is 6.54 Å². The van der Waals surface area contributed by atoms with Crippen molar-refractivity contribution in [3.63, 3.8) is 0 Å². The van der Waals surface area contributed by atoms with Crippen molar-refractivity contribution in [2.24, 2.45) is 0 Å². The molecule has 17 heavy (non-hydrogen) atoms. The summed E-state index contributed by atoms with van der Waals surface area (Å²) in [5.74, 6) is 0. The summed E-state index contributed by atoms with van der Waals surface area (Å²) < 4.78 is 0. The molecule has 3 heteroatoms. The molecule has 1 saturated carbocycles. The van der Waals surface area contributed by atoms with Gasteiger partial charge in [-0.25, -0.2) is 0 Å². The third kappa shape index (κ3) is 3.73. The summed E-state index contributed by atoms with van der Waals surface area (Å²) in [5, 5.41) is 13.6. The van der Waals surface area contributed by atoms with Gasteiger partial charge < -0.3 is 10.4 Å². The van der Waals surface area contributed by atoms with E-state index >= 15 is 0 Å². The predicted octanol–water partition coefficient (Wildman–Crippen LogP) is 2.80. The van der Waals surface area contributed by atoms with E-state index in [1.165, 1.54) is 10.5 Å². The first-order valence-corrected chi connectivity index (χ1v) is 7.32. The Kier molecular flexibility index (Phi) is 4.89. The molecule has 2 nitrogen and oxygen atoms in total. The van der Waals surface area contributed by atoms with Crippen LogP contribution in [0.15, 0.2) is 29.2 Å². The average Bonchev–Trinajstić information content (AvgIpc) is 2.73. The highest BCUT2D eigenvalue weighted by molar-refractivity contribution is 8.00. The van der Waals surface area contributed by atoms with E-state index in [9.17, 15) is 5.11 Å². The van der Waals surface area contributed by atoms with Crippen molar-refractivity contribution >= 4 is 11.8 Å². The molecule has 0 bridgehead atoms. The molecule has 2 atom stereocenters. The van der Waals surface area contributed by atoms with Gasteiger partial charge in [-0.15, -0.1) is 11.8 Å². The lowest BCUT2D eigenvalue weighted by atomic mass is 10.2. The molecule has 1 aromatic carbocycles. The molecule has 2 N–H and O–H groups in total. The molecule has 1 fully saturated rings. The Hall–Kier alpha value is -0.510. The van der Waals surface area contributed by atoms with Gasteiger partial charge in [-0.3, -0.25) is 0 Å². The normalized spacial score (nSPS) is 24.1. The van der Waals surface area contributed by atoms with Crippen LogP contribution in [0.25, 0.3) is 0 Å². The fourth-order valence-electron chi connectivity index (χ4n) is 2.22. The molecule has 1 aromatic rings. The molecule has 0 aliphatic heterocycles. The van der Waals surface area contributed by atoms with Gasteiger partial charge in [0.1, 0.15) is 0 Å². The predicted molar refractivity (Wildman–Crippen MR) is 73.3 cm³/mol. The number of hydrogen-bond acceptors (Lipinski definition) is 3. The first-order valence-electron chi connectivity index (χ1n) is 6.44. The van der Waals surface area contributed by atoms with Crippen molar-refractivity contribution < 1.29 is 5.11 Å². The zero-order chi connectivity index (χ0) is 12.1. The van der Waals surface area contributed by atoms with Crippen molar-refractivity contribution in [3.05, 3.63) is 29.8 Å². The summed E-state index contributed by atoms with van der Waals surface area (Å²) >= 11 is 1.83. The van der Waals surface area contributed by atoms with Gasteiger partial charge in [0, 0.05) is 16.7 Å². The molecule has 0 spiro atoms. The lowest BCUT2D eigenvalue weighted by Crippen LogP contribution is -2.15. The molecule has 2 rings (SSSR count). The van der Waals surface area contributed by atoms with Crippen molar-refractivity contribution in [1.29, 1.82) is 0 Å². The molecule has 0 heterocycles. The van der Waals surface area contributed by atoms with Crippen molar-refractivity contribution in [3.8, 4) is 0 Å². The smallest absolute Gasteiger partial charge is 0.0662 e. The lowest BCUT2D eigenvalue weighted by Gasteiger charge is -2.14. The van der Waals surface area contributed by atoms with Crippen LogP contribution in [0.5, 0.6) is 0 Å². The van der Waals surface area contributed by atoms with Gasteiger partial charge in [0.05, 0.1) is 6.10 Å². The van der Waals surface area contributed by atoms with Crippen LogP contribution in [-0.4, -0.2) is 23.0 Å². The van der Waals surface area contributed by atoms with Gasteiger partial charge in [-0.2, -0.15) is 0 Å². The van der Waals surface area contributed by atoms with E-state index in [2.05, 4.69) is 36.5 Å². The van der Waals surface area contributed by atoms with E-state index in [1.807, 2.05) is 11.8 Å². The number of hydrogen-bond donors (Lipinski definition) is 2. The second kappa shape index (κ2) is 6.43.